The maximum absolute atomic E-state index is 14.1. The van der Waals surface area contributed by atoms with Gasteiger partial charge in [0.1, 0.15) is 10.8 Å². The molecule has 2 aliphatic rings. The number of urea groups is 1. The van der Waals surface area contributed by atoms with E-state index in [1.807, 2.05) is 18.4 Å². The Labute approximate surface area is 144 Å². The van der Waals surface area contributed by atoms with Crippen LogP contribution < -0.4 is 10.6 Å². The maximum Gasteiger partial charge on any atom is 0.316 e. The van der Waals surface area contributed by atoms with E-state index in [9.17, 15) is 9.18 Å². The van der Waals surface area contributed by atoms with Crippen molar-refractivity contribution in [3.63, 3.8) is 0 Å². The summed E-state index contributed by atoms with van der Waals surface area (Å²) >= 11 is 1.59. The molecule has 2 N–H and O–H groups in total. The van der Waals surface area contributed by atoms with Gasteiger partial charge < -0.3 is 10.6 Å². The summed E-state index contributed by atoms with van der Waals surface area (Å²) in [7, 11) is 0. The third-order valence-corrected chi connectivity index (χ3v) is 5.82. The highest BCUT2D eigenvalue weighted by atomic mass is 32.1. The maximum atomic E-state index is 14.1. The van der Waals surface area contributed by atoms with Crippen LogP contribution in [0.25, 0.3) is 0 Å². The second-order valence-electron chi connectivity index (χ2n) is 6.80. The quantitative estimate of drug-likeness (QED) is 0.859. The van der Waals surface area contributed by atoms with Crippen LogP contribution in [0, 0.1) is 18.7 Å². The highest BCUT2D eigenvalue weighted by Crippen LogP contribution is 2.47. The zero-order chi connectivity index (χ0) is 16.7. The van der Waals surface area contributed by atoms with E-state index in [0.29, 0.717) is 11.5 Å². The molecule has 2 aromatic rings. The van der Waals surface area contributed by atoms with Crippen LogP contribution in [-0.2, 0) is 5.54 Å². The van der Waals surface area contributed by atoms with E-state index in [1.54, 1.807) is 23.5 Å². The molecule has 2 aliphatic carbocycles. The molecule has 2 amide bonds. The van der Waals surface area contributed by atoms with Crippen molar-refractivity contribution in [2.24, 2.45) is 5.92 Å². The Hall–Kier alpha value is -1.95. The van der Waals surface area contributed by atoms with Gasteiger partial charge in [0.05, 0.1) is 11.6 Å². The Balaban J connectivity index is 1.47. The predicted octanol–water partition coefficient (Wildman–Crippen LogP) is 4.03. The van der Waals surface area contributed by atoms with Gasteiger partial charge in [0.15, 0.2) is 0 Å². The first-order valence-corrected chi connectivity index (χ1v) is 9.21. The third-order valence-electron chi connectivity index (χ3n) is 4.78. The fraction of sp³-hybridized carbons (Fsp3) is 0.444. The van der Waals surface area contributed by atoms with Crippen LogP contribution in [0.5, 0.6) is 0 Å². The average molecular weight is 345 g/mol. The summed E-state index contributed by atoms with van der Waals surface area (Å²) in [5.74, 6) is 0.203. The second-order valence-corrected chi connectivity index (χ2v) is 7.69. The Kier molecular flexibility index (Phi) is 3.79. The molecule has 1 unspecified atom stereocenters. The summed E-state index contributed by atoms with van der Waals surface area (Å²) in [4.78, 5) is 17.1. The number of aryl methyl sites for hydroxylation is 1. The van der Waals surface area contributed by atoms with Crippen molar-refractivity contribution in [1.29, 1.82) is 0 Å². The number of benzene rings is 1. The highest BCUT2D eigenvalue weighted by molar-refractivity contribution is 7.09. The van der Waals surface area contributed by atoms with Gasteiger partial charge in [-0.05, 0) is 44.6 Å². The zero-order valence-corrected chi connectivity index (χ0v) is 14.3. The molecule has 1 aromatic heterocycles. The van der Waals surface area contributed by atoms with Crippen molar-refractivity contribution in [1.82, 2.24) is 15.6 Å². The van der Waals surface area contributed by atoms with Gasteiger partial charge in [-0.2, -0.15) is 0 Å². The molecule has 6 heteroatoms. The largest absolute Gasteiger partial charge is 0.329 e. The topological polar surface area (TPSA) is 54.0 Å². The monoisotopic (exact) mass is 345 g/mol. The van der Waals surface area contributed by atoms with Gasteiger partial charge in [-0.3, -0.25) is 0 Å². The van der Waals surface area contributed by atoms with Gasteiger partial charge in [0.25, 0.3) is 0 Å². The standard InChI is InChI=1S/C18H20FN3OS/c1-11-10-24-16(20-11)15(12-6-7-12)21-17(23)22-18(8-9-18)13-4-2-3-5-14(13)19/h2-5,10,12,15H,6-9H2,1H3,(H2,21,22,23). The third kappa shape index (κ3) is 3.02. The molecule has 0 radical (unpaired) electrons. The van der Waals surface area contributed by atoms with Crippen LogP contribution >= 0.6 is 11.3 Å². The van der Waals surface area contributed by atoms with E-state index in [0.717, 1.165) is 36.4 Å². The molecular formula is C18H20FN3OS. The summed E-state index contributed by atoms with van der Waals surface area (Å²) in [6.45, 7) is 1.96. The first-order valence-electron chi connectivity index (χ1n) is 8.33. The summed E-state index contributed by atoms with van der Waals surface area (Å²) in [5, 5.41) is 9.04. The SMILES string of the molecule is Cc1csc(C(NC(=O)NC2(c3ccccc3F)CC2)C2CC2)n1. The van der Waals surface area contributed by atoms with Crippen LogP contribution in [0.15, 0.2) is 29.6 Å². The number of halogens is 1. The molecule has 126 valence electrons. The van der Waals surface area contributed by atoms with Crippen molar-refractivity contribution >= 4 is 17.4 Å². The normalized spacial score (nSPS) is 19.6. The minimum absolute atomic E-state index is 0.0416. The number of aromatic nitrogens is 1. The fourth-order valence-corrected chi connectivity index (χ4v) is 4.10. The average Bonchev–Trinajstić information content (AvgIpc) is 3.46. The number of carbonyl (C=O) groups excluding carboxylic acids is 1. The second kappa shape index (κ2) is 5.84. The smallest absolute Gasteiger partial charge is 0.316 e. The summed E-state index contributed by atoms with van der Waals surface area (Å²) in [5.41, 5.74) is 1.00. The molecule has 1 aromatic carbocycles. The van der Waals surface area contributed by atoms with E-state index in [2.05, 4.69) is 15.6 Å². The van der Waals surface area contributed by atoms with Crippen LogP contribution in [0.4, 0.5) is 9.18 Å². The predicted molar refractivity (Wildman–Crippen MR) is 91.3 cm³/mol. The first kappa shape index (κ1) is 15.6. The Bertz CT molecular complexity index is 767. The van der Waals surface area contributed by atoms with Crippen molar-refractivity contribution in [2.75, 3.05) is 0 Å². The molecule has 2 fully saturated rings. The number of hydrogen-bond acceptors (Lipinski definition) is 3. The van der Waals surface area contributed by atoms with Crippen LogP contribution in [-0.4, -0.2) is 11.0 Å². The van der Waals surface area contributed by atoms with Crippen molar-refractivity contribution in [3.05, 3.63) is 51.7 Å². The molecule has 24 heavy (non-hydrogen) atoms. The highest BCUT2D eigenvalue weighted by Gasteiger charge is 2.48. The number of hydrogen-bond donors (Lipinski definition) is 2. The van der Waals surface area contributed by atoms with Crippen LogP contribution in [0.1, 0.15) is 48.0 Å². The Morgan fingerprint density at radius 2 is 2.12 bits per heavy atom. The molecule has 0 bridgehead atoms. The lowest BCUT2D eigenvalue weighted by molar-refractivity contribution is 0.230. The molecule has 1 heterocycles. The number of nitrogens with zero attached hydrogens (tertiary/aromatic N) is 1. The molecule has 0 spiro atoms. The summed E-state index contributed by atoms with van der Waals surface area (Å²) < 4.78 is 14.1. The Morgan fingerprint density at radius 3 is 2.71 bits per heavy atom. The number of carbonyl (C=O) groups is 1. The van der Waals surface area contributed by atoms with Gasteiger partial charge in [-0.15, -0.1) is 11.3 Å². The van der Waals surface area contributed by atoms with Crippen molar-refractivity contribution < 1.29 is 9.18 Å². The number of thiazole rings is 1. The molecule has 2 saturated carbocycles. The fourth-order valence-electron chi connectivity index (χ4n) is 3.16. The lowest BCUT2D eigenvalue weighted by Gasteiger charge is -2.22. The van der Waals surface area contributed by atoms with Gasteiger partial charge in [-0.1, -0.05) is 18.2 Å². The zero-order valence-electron chi connectivity index (χ0n) is 13.5. The van der Waals surface area contributed by atoms with E-state index in [4.69, 9.17) is 0 Å². The van der Waals surface area contributed by atoms with Crippen LogP contribution in [0.2, 0.25) is 0 Å². The van der Waals surface area contributed by atoms with E-state index >= 15 is 0 Å². The molecular weight excluding hydrogens is 325 g/mol. The van der Waals surface area contributed by atoms with E-state index < -0.39 is 5.54 Å². The Morgan fingerprint density at radius 1 is 1.38 bits per heavy atom. The molecule has 0 saturated heterocycles. The molecule has 0 aliphatic heterocycles. The van der Waals surface area contributed by atoms with Gasteiger partial charge in [0, 0.05) is 16.6 Å². The minimum Gasteiger partial charge on any atom is -0.329 e. The minimum atomic E-state index is -0.553. The lowest BCUT2D eigenvalue weighted by Crippen LogP contribution is -2.44. The number of nitrogens with one attached hydrogen (secondary N) is 2. The van der Waals surface area contributed by atoms with Crippen LogP contribution in [0.3, 0.4) is 0 Å². The summed E-state index contributed by atoms with van der Waals surface area (Å²) in [6.07, 6.45) is 3.77. The number of rotatable bonds is 5. The first-order chi connectivity index (χ1) is 11.6. The van der Waals surface area contributed by atoms with Gasteiger partial charge in [0.2, 0.25) is 0 Å². The number of amides is 2. The van der Waals surface area contributed by atoms with Crippen molar-refractivity contribution in [3.8, 4) is 0 Å². The molecule has 1 atom stereocenters. The molecule has 4 rings (SSSR count). The molecule has 4 nitrogen and oxygen atoms in total. The summed E-state index contributed by atoms with van der Waals surface area (Å²) in [6, 6.07) is 6.40. The van der Waals surface area contributed by atoms with E-state index in [1.165, 1.54) is 6.07 Å². The van der Waals surface area contributed by atoms with Gasteiger partial charge >= 0.3 is 6.03 Å². The van der Waals surface area contributed by atoms with Gasteiger partial charge in [-0.25, -0.2) is 14.2 Å². The lowest BCUT2D eigenvalue weighted by atomic mass is 10.0. The van der Waals surface area contributed by atoms with E-state index in [-0.39, 0.29) is 17.9 Å². The van der Waals surface area contributed by atoms with Crippen molar-refractivity contribution in [2.45, 2.75) is 44.2 Å².